The van der Waals surface area contributed by atoms with Crippen LogP contribution in [0.2, 0.25) is 0 Å². The smallest absolute Gasteiger partial charge is 0.332 e. The van der Waals surface area contributed by atoms with Gasteiger partial charge in [-0.3, -0.25) is 13.9 Å². The summed E-state index contributed by atoms with van der Waals surface area (Å²) in [4.78, 5) is 24.1. The number of nitrogens with one attached hydrogen (secondary N) is 1. The molecule has 0 bridgehead atoms. The maximum absolute atomic E-state index is 12.0. The standard InChI is InChI=1S/C16H18N4O3/c1-19-14(13(8-17)15(21)20(2)16(19)22)18-9-11-6-4-5-7-12(11)10-23-3/h4-7,18H,9-10H2,1-3H3. The Balaban J connectivity index is 2.41. The third kappa shape index (κ3) is 3.17. The molecule has 2 aromatic rings. The quantitative estimate of drug-likeness (QED) is 0.878. The maximum atomic E-state index is 12.0. The lowest BCUT2D eigenvalue weighted by atomic mass is 10.1. The zero-order valence-electron chi connectivity index (χ0n) is 13.3. The summed E-state index contributed by atoms with van der Waals surface area (Å²) < 4.78 is 7.34. The van der Waals surface area contributed by atoms with Gasteiger partial charge in [0.1, 0.15) is 11.9 Å². The van der Waals surface area contributed by atoms with Crippen molar-refractivity contribution in [1.29, 1.82) is 5.26 Å². The predicted octanol–water partition coefficient (Wildman–Crippen LogP) is 0.714. The van der Waals surface area contributed by atoms with E-state index in [1.165, 1.54) is 18.7 Å². The molecule has 7 nitrogen and oxygen atoms in total. The van der Waals surface area contributed by atoms with E-state index in [9.17, 15) is 14.9 Å². The normalized spacial score (nSPS) is 10.3. The number of aromatic nitrogens is 2. The number of ether oxygens (including phenoxy) is 1. The van der Waals surface area contributed by atoms with Gasteiger partial charge in [0.2, 0.25) is 0 Å². The number of hydrogen-bond donors (Lipinski definition) is 1. The lowest BCUT2D eigenvalue weighted by Gasteiger charge is -2.15. The van der Waals surface area contributed by atoms with Gasteiger partial charge in [-0.05, 0) is 11.1 Å². The molecule has 1 aromatic carbocycles. The molecule has 0 unspecified atom stereocenters. The summed E-state index contributed by atoms with van der Waals surface area (Å²) >= 11 is 0. The van der Waals surface area contributed by atoms with Crippen LogP contribution in [0.25, 0.3) is 0 Å². The van der Waals surface area contributed by atoms with Gasteiger partial charge in [0.25, 0.3) is 5.56 Å². The fourth-order valence-electron chi connectivity index (χ4n) is 2.36. The molecule has 1 aromatic heterocycles. The zero-order chi connectivity index (χ0) is 17.0. The SMILES string of the molecule is COCc1ccccc1CNc1c(C#N)c(=O)n(C)c(=O)n1C. The minimum Gasteiger partial charge on any atom is -0.380 e. The van der Waals surface area contributed by atoms with Crippen LogP contribution in [0.5, 0.6) is 0 Å². The van der Waals surface area contributed by atoms with E-state index in [1.54, 1.807) is 7.11 Å². The molecule has 0 spiro atoms. The highest BCUT2D eigenvalue weighted by molar-refractivity contribution is 5.51. The third-order valence-electron chi connectivity index (χ3n) is 3.64. The zero-order valence-corrected chi connectivity index (χ0v) is 13.3. The molecular weight excluding hydrogens is 296 g/mol. The van der Waals surface area contributed by atoms with E-state index in [-0.39, 0.29) is 11.4 Å². The van der Waals surface area contributed by atoms with Crippen LogP contribution in [0.15, 0.2) is 33.9 Å². The van der Waals surface area contributed by atoms with E-state index < -0.39 is 11.2 Å². The van der Waals surface area contributed by atoms with Crippen molar-refractivity contribution in [3.63, 3.8) is 0 Å². The first-order chi connectivity index (χ1) is 11.0. The van der Waals surface area contributed by atoms with Crippen molar-refractivity contribution in [3.8, 4) is 6.07 Å². The van der Waals surface area contributed by atoms with Gasteiger partial charge < -0.3 is 10.1 Å². The number of nitrogens with zero attached hydrogens (tertiary/aromatic N) is 3. The summed E-state index contributed by atoms with van der Waals surface area (Å²) in [6, 6.07) is 9.53. The van der Waals surface area contributed by atoms with Gasteiger partial charge in [0.15, 0.2) is 5.56 Å². The topological polar surface area (TPSA) is 89.1 Å². The molecule has 0 aliphatic rings. The van der Waals surface area contributed by atoms with E-state index >= 15 is 0 Å². The summed E-state index contributed by atoms with van der Waals surface area (Å²) in [5.74, 6) is 0.216. The molecule has 0 amide bonds. The van der Waals surface area contributed by atoms with Gasteiger partial charge >= 0.3 is 5.69 Å². The Bertz CT molecular complexity index is 874. The van der Waals surface area contributed by atoms with E-state index in [0.29, 0.717) is 13.2 Å². The summed E-state index contributed by atoms with van der Waals surface area (Å²) in [7, 11) is 4.48. The molecule has 1 N–H and O–H groups in total. The number of nitriles is 1. The second-order valence-corrected chi connectivity index (χ2v) is 5.10. The third-order valence-corrected chi connectivity index (χ3v) is 3.64. The van der Waals surface area contributed by atoms with E-state index in [1.807, 2.05) is 30.3 Å². The highest BCUT2D eigenvalue weighted by atomic mass is 16.5. The monoisotopic (exact) mass is 314 g/mol. The van der Waals surface area contributed by atoms with Crippen molar-refractivity contribution in [1.82, 2.24) is 9.13 Å². The van der Waals surface area contributed by atoms with Crippen LogP contribution >= 0.6 is 0 Å². The molecule has 0 saturated carbocycles. The highest BCUT2D eigenvalue weighted by Crippen LogP contribution is 2.14. The molecular formula is C16H18N4O3. The first-order valence-electron chi connectivity index (χ1n) is 7.01. The van der Waals surface area contributed by atoms with Crippen molar-refractivity contribution >= 4 is 5.82 Å². The summed E-state index contributed by atoms with van der Waals surface area (Å²) in [5, 5.41) is 12.3. The molecule has 120 valence electrons. The predicted molar refractivity (Wildman–Crippen MR) is 86.1 cm³/mol. The number of hydrogen-bond acceptors (Lipinski definition) is 5. The Morgan fingerprint density at radius 3 is 2.43 bits per heavy atom. The van der Waals surface area contributed by atoms with Gasteiger partial charge in [0.05, 0.1) is 6.61 Å². The fourth-order valence-corrected chi connectivity index (χ4v) is 2.36. The number of benzene rings is 1. The Labute approximate surface area is 133 Å². The van der Waals surface area contributed by atoms with Gasteiger partial charge in [0, 0.05) is 27.7 Å². The second-order valence-electron chi connectivity index (χ2n) is 5.10. The molecule has 0 aliphatic heterocycles. The lowest BCUT2D eigenvalue weighted by Crippen LogP contribution is -2.39. The van der Waals surface area contributed by atoms with Crippen LogP contribution in [-0.4, -0.2) is 16.2 Å². The average molecular weight is 314 g/mol. The average Bonchev–Trinajstić information content (AvgIpc) is 2.56. The van der Waals surface area contributed by atoms with Gasteiger partial charge in [-0.15, -0.1) is 0 Å². The first kappa shape index (κ1) is 16.5. The summed E-state index contributed by atoms with van der Waals surface area (Å²) in [6.07, 6.45) is 0. The van der Waals surface area contributed by atoms with Crippen molar-refractivity contribution in [2.24, 2.45) is 14.1 Å². The van der Waals surface area contributed by atoms with E-state index in [2.05, 4.69) is 5.32 Å². The van der Waals surface area contributed by atoms with Crippen molar-refractivity contribution < 1.29 is 4.74 Å². The number of rotatable bonds is 5. The van der Waals surface area contributed by atoms with Crippen LogP contribution < -0.4 is 16.6 Å². The summed E-state index contributed by atoms with van der Waals surface area (Å²) in [6.45, 7) is 0.826. The Hall–Kier alpha value is -2.85. The highest BCUT2D eigenvalue weighted by Gasteiger charge is 2.15. The minimum atomic E-state index is -0.608. The Kier molecular flexibility index (Phi) is 4.98. The van der Waals surface area contributed by atoms with Gasteiger partial charge in [-0.2, -0.15) is 5.26 Å². The summed E-state index contributed by atoms with van der Waals surface area (Å²) in [5.41, 5.74) is 0.782. The first-order valence-corrected chi connectivity index (χ1v) is 7.01. The molecule has 0 saturated heterocycles. The van der Waals surface area contributed by atoms with Crippen molar-refractivity contribution in [2.45, 2.75) is 13.2 Å². The second kappa shape index (κ2) is 6.94. The van der Waals surface area contributed by atoms with Gasteiger partial charge in [-0.25, -0.2) is 4.79 Å². The molecule has 0 aliphatic carbocycles. The molecule has 1 heterocycles. The van der Waals surface area contributed by atoms with Crippen LogP contribution in [0.4, 0.5) is 5.82 Å². The van der Waals surface area contributed by atoms with Crippen LogP contribution in [0.1, 0.15) is 16.7 Å². The molecule has 0 radical (unpaired) electrons. The molecule has 7 heteroatoms. The largest absolute Gasteiger partial charge is 0.380 e. The molecule has 2 rings (SSSR count). The van der Waals surface area contributed by atoms with E-state index in [4.69, 9.17) is 4.74 Å². The fraction of sp³-hybridized carbons (Fsp3) is 0.312. The van der Waals surface area contributed by atoms with Crippen molar-refractivity contribution in [3.05, 3.63) is 61.8 Å². The minimum absolute atomic E-state index is 0.0844. The van der Waals surface area contributed by atoms with E-state index in [0.717, 1.165) is 15.7 Å². The lowest BCUT2D eigenvalue weighted by molar-refractivity contribution is 0.184. The molecule has 0 fully saturated rings. The number of anilines is 1. The van der Waals surface area contributed by atoms with Crippen LogP contribution in [0, 0.1) is 11.3 Å². The Morgan fingerprint density at radius 1 is 1.17 bits per heavy atom. The molecule has 0 atom stereocenters. The maximum Gasteiger partial charge on any atom is 0.332 e. The Morgan fingerprint density at radius 2 is 1.83 bits per heavy atom. The molecule has 23 heavy (non-hydrogen) atoms. The van der Waals surface area contributed by atoms with Crippen LogP contribution in [0.3, 0.4) is 0 Å². The van der Waals surface area contributed by atoms with Crippen molar-refractivity contribution in [2.75, 3.05) is 12.4 Å². The van der Waals surface area contributed by atoms with Gasteiger partial charge in [-0.1, -0.05) is 24.3 Å². The van der Waals surface area contributed by atoms with Crippen LogP contribution in [-0.2, 0) is 32.0 Å². The number of methoxy groups -OCH3 is 1.